The number of ether oxygens (including phenoxy) is 1. The molecule has 1 aliphatic rings. The summed E-state index contributed by atoms with van der Waals surface area (Å²) >= 11 is 9.75. The minimum absolute atomic E-state index is 0.527. The van der Waals surface area contributed by atoms with E-state index in [1.54, 1.807) is 7.11 Å². The van der Waals surface area contributed by atoms with Crippen molar-refractivity contribution in [1.82, 2.24) is 0 Å². The summed E-state index contributed by atoms with van der Waals surface area (Å²) in [5.41, 5.74) is 2.23. The van der Waals surface area contributed by atoms with E-state index >= 15 is 0 Å². The van der Waals surface area contributed by atoms with Gasteiger partial charge in [0.05, 0.1) is 17.8 Å². The highest BCUT2D eigenvalue weighted by Gasteiger charge is 2.23. The molecule has 1 atom stereocenters. The van der Waals surface area contributed by atoms with E-state index in [9.17, 15) is 0 Å². The number of nitrogens with one attached hydrogen (secondary N) is 1. The molecule has 0 fully saturated rings. The number of hydrogen-bond acceptors (Lipinski definition) is 2. The fraction of sp³-hybridized carbons (Fsp3) is 0.500. The van der Waals surface area contributed by atoms with Crippen molar-refractivity contribution in [3.63, 3.8) is 0 Å². The van der Waals surface area contributed by atoms with Crippen LogP contribution in [0.5, 0.6) is 5.75 Å². The smallest absolute Gasteiger partial charge is 0.143 e. The maximum atomic E-state index is 6.29. The van der Waals surface area contributed by atoms with Gasteiger partial charge in [0.1, 0.15) is 5.75 Å². The average Bonchev–Trinajstić information content (AvgIpc) is 2.33. The Morgan fingerprint density at radius 2 is 2.38 bits per heavy atom. The summed E-state index contributed by atoms with van der Waals surface area (Å²) in [5.74, 6) is 0.865. The van der Waals surface area contributed by atoms with Crippen LogP contribution in [-0.2, 0) is 6.42 Å². The van der Waals surface area contributed by atoms with Crippen LogP contribution in [0.3, 0.4) is 0 Å². The monoisotopic (exact) mass is 303 g/mol. The number of anilines is 1. The average molecular weight is 305 g/mol. The Hall–Kier alpha value is -0.410. The molecule has 1 aromatic carbocycles. The number of methoxy groups -OCH3 is 1. The molecule has 1 aromatic rings. The van der Waals surface area contributed by atoms with Crippen LogP contribution in [0.25, 0.3) is 0 Å². The SMILES string of the molecule is CCC1CCc2c(Cl)c(Br)cc(OC)c2N1. The molecule has 1 aliphatic heterocycles. The Balaban J connectivity index is 2.48. The third-order valence-electron chi connectivity index (χ3n) is 3.08. The van der Waals surface area contributed by atoms with Gasteiger partial charge in [-0.15, -0.1) is 0 Å². The summed E-state index contributed by atoms with van der Waals surface area (Å²) in [7, 11) is 1.69. The van der Waals surface area contributed by atoms with Gasteiger partial charge in [-0.2, -0.15) is 0 Å². The van der Waals surface area contributed by atoms with Crippen LogP contribution < -0.4 is 10.1 Å². The van der Waals surface area contributed by atoms with Gasteiger partial charge in [-0.3, -0.25) is 0 Å². The van der Waals surface area contributed by atoms with Crippen molar-refractivity contribution >= 4 is 33.2 Å². The van der Waals surface area contributed by atoms with Gasteiger partial charge >= 0.3 is 0 Å². The quantitative estimate of drug-likeness (QED) is 0.882. The number of rotatable bonds is 2. The van der Waals surface area contributed by atoms with Crippen molar-refractivity contribution in [2.45, 2.75) is 32.2 Å². The highest BCUT2D eigenvalue weighted by Crippen LogP contribution is 2.42. The van der Waals surface area contributed by atoms with E-state index in [0.717, 1.165) is 45.8 Å². The summed E-state index contributed by atoms with van der Waals surface area (Å²) in [5, 5.41) is 4.31. The van der Waals surface area contributed by atoms with Gasteiger partial charge < -0.3 is 10.1 Å². The summed E-state index contributed by atoms with van der Waals surface area (Å²) in [6.07, 6.45) is 3.26. The molecule has 0 aliphatic carbocycles. The third-order valence-corrected chi connectivity index (χ3v) is 4.37. The van der Waals surface area contributed by atoms with Gasteiger partial charge in [0.2, 0.25) is 0 Å². The number of hydrogen-bond donors (Lipinski definition) is 1. The molecule has 1 heterocycles. The zero-order valence-corrected chi connectivity index (χ0v) is 11.8. The lowest BCUT2D eigenvalue weighted by Crippen LogP contribution is -2.25. The first-order valence-corrected chi connectivity index (χ1v) is 6.65. The van der Waals surface area contributed by atoms with E-state index in [2.05, 4.69) is 28.2 Å². The molecule has 0 saturated carbocycles. The number of fused-ring (bicyclic) bond motifs is 1. The van der Waals surface area contributed by atoms with Crippen molar-refractivity contribution in [3.05, 3.63) is 21.1 Å². The van der Waals surface area contributed by atoms with Crippen molar-refractivity contribution in [2.24, 2.45) is 0 Å². The van der Waals surface area contributed by atoms with Crippen molar-refractivity contribution < 1.29 is 4.74 Å². The molecule has 1 N–H and O–H groups in total. The second-order valence-corrected chi connectivity index (χ2v) is 5.25. The maximum Gasteiger partial charge on any atom is 0.143 e. The highest BCUT2D eigenvalue weighted by molar-refractivity contribution is 9.10. The molecular weight excluding hydrogens is 289 g/mol. The normalized spacial score (nSPS) is 18.9. The van der Waals surface area contributed by atoms with Crippen LogP contribution in [-0.4, -0.2) is 13.2 Å². The first kappa shape index (κ1) is 12.1. The van der Waals surface area contributed by atoms with E-state index in [4.69, 9.17) is 16.3 Å². The lowest BCUT2D eigenvalue weighted by atomic mass is 9.96. The molecule has 2 nitrogen and oxygen atoms in total. The van der Waals surface area contributed by atoms with Crippen LogP contribution >= 0.6 is 27.5 Å². The van der Waals surface area contributed by atoms with Gasteiger partial charge in [0, 0.05) is 10.5 Å². The summed E-state index contributed by atoms with van der Waals surface area (Å²) < 4.78 is 6.29. The zero-order valence-electron chi connectivity index (χ0n) is 9.44. The lowest BCUT2D eigenvalue weighted by Gasteiger charge is -2.28. The predicted octanol–water partition coefficient (Wildman–Crippen LogP) is 4.25. The summed E-state index contributed by atoms with van der Waals surface area (Å²) in [6, 6.07) is 2.45. The topological polar surface area (TPSA) is 21.3 Å². The van der Waals surface area contributed by atoms with Crippen molar-refractivity contribution in [2.75, 3.05) is 12.4 Å². The van der Waals surface area contributed by atoms with Crippen molar-refractivity contribution in [3.8, 4) is 5.75 Å². The Morgan fingerprint density at radius 3 is 3.00 bits per heavy atom. The molecule has 0 aromatic heterocycles. The van der Waals surface area contributed by atoms with Gasteiger partial charge in [0.15, 0.2) is 0 Å². The molecule has 0 amide bonds. The van der Waals surface area contributed by atoms with Crippen molar-refractivity contribution in [1.29, 1.82) is 0 Å². The number of halogens is 2. The van der Waals surface area contributed by atoms with Gasteiger partial charge in [0.25, 0.3) is 0 Å². The highest BCUT2D eigenvalue weighted by atomic mass is 79.9. The molecule has 88 valence electrons. The van der Waals surface area contributed by atoms with E-state index < -0.39 is 0 Å². The summed E-state index contributed by atoms with van der Waals surface area (Å²) in [6.45, 7) is 2.19. The number of benzene rings is 1. The lowest BCUT2D eigenvalue weighted by molar-refractivity contribution is 0.413. The molecule has 16 heavy (non-hydrogen) atoms. The van der Waals surface area contributed by atoms with Crippen LogP contribution in [0, 0.1) is 0 Å². The van der Waals surface area contributed by atoms with Gasteiger partial charge in [-0.05, 0) is 46.8 Å². The van der Waals surface area contributed by atoms with E-state index in [0.29, 0.717) is 6.04 Å². The van der Waals surface area contributed by atoms with E-state index in [1.807, 2.05) is 6.07 Å². The molecule has 0 radical (unpaired) electrons. The minimum Gasteiger partial charge on any atom is -0.495 e. The maximum absolute atomic E-state index is 6.29. The third kappa shape index (κ3) is 2.03. The second kappa shape index (κ2) is 4.84. The van der Waals surface area contributed by atoms with Crippen LogP contribution in [0.1, 0.15) is 25.3 Å². The zero-order chi connectivity index (χ0) is 11.7. The van der Waals surface area contributed by atoms with Gasteiger partial charge in [-0.1, -0.05) is 18.5 Å². The fourth-order valence-corrected chi connectivity index (χ4v) is 2.80. The predicted molar refractivity (Wildman–Crippen MR) is 71.7 cm³/mol. The Morgan fingerprint density at radius 1 is 1.62 bits per heavy atom. The van der Waals surface area contributed by atoms with Crippen LogP contribution in [0.2, 0.25) is 5.02 Å². The molecule has 1 unspecified atom stereocenters. The van der Waals surface area contributed by atoms with Crippen LogP contribution in [0.4, 0.5) is 5.69 Å². The standard InChI is InChI=1S/C12H15BrClNO/c1-3-7-4-5-8-11(14)9(13)6-10(16-2)12(8)15-7/h6-7,15H,3-5H2,1-2H3. The van der Waals surface area contributed by atoms with Gasteiger partial charge in [-0.25, -0.2) is 0 Å². The molecular formula is C12H15BrClNO. The Bertz CT molecular complexity index is 408. The van der Waals surface area contributed by atoms with E-state index in [1.165, 1.54) is 0 Å². The summed E-state index contributed by atoms with van der Waals surface area (Å²) in [4.78, 5) is 0. The Labute approximate surface area is 109 Å². The minimum atomic E-state index is 0.527. The Kier molecular flexibility index (Phi) is 3.65. The molecule has 2 rings (SSSR count). The molecule has 0 bridgehead atoms. The largest absolute Gasteiger partial charge is 0.495 e. The molecule has 4 heteroatoms. The first-order chi connectivity index (χ1) is 7.67. The fourth-order valence-electron chi connectivity index (χ4n) is 2.11. The molecule has 0 saturated heterocycles. The van der Waals surface area contributed by atoms with Crippen LogP contribution in [0.15, 0.2) is 10.5 Å². The van der Waals surface area contributed by atoms with E-state index in [-0.39, 0.29) is 0 Å². The second-order valence-electron chi connectivity index (χ2n) is 4.02. The molecule has 0 spiro atoms. The first-order valence-electron chi connectivity index (χ1n) is 5.48.